The minimum absolute atomic E-state index is 0.470. The number of H-pyrrole nitrogens is 1. The molecule has 1 aliphatic heterocycles. The molecular formula is C12H17ClN6. The molecule has 3 heterocycles. The molecule has 19 heavy (non-hydrogen) atoms. The number of nitrogens with zero attached hydrogens (tertiary/aromatic N) is 5. The van der Waals surface area contributed by atoms with Crippen molar-refractivity contribution in [2.24, 2.45) is 0 Å². The molecule has 6 nitrogen and oxygen atoms in total. The van der Waals surface area contributed by atoms with Crippen LogP contribution in [0.4, 0.5) is 0 Å². The zero-order chi connectivity index (χ0) is 13.1. The minimum Gasteiger partial charge on any atom is -0.301 e. The number of halogens is 1. The minimum atomic E-state index is 0.470. The highest BCUT2D eigenvalue weighted by Gasteiger charge is 2.22. The van der Waals surface area contributed by atoms with Crippen molar-refractivity contribution in [1.82, 2.24) is 29.9 Å². The first-order valence-corrected chi connectivity index (χ1v) is 6.94. The van der Waals surface area contributed by atoms with Crippen molar-refractivity contribution < 1.29 is 0 Å². The molecule has 0 amide bonds. The molecular weight excluding hydrogens is 264 g/mol. The topological polar surface area (TPSA) is 62.6 Å². The van der Waals surface area contributed by atoms with Gasteiger partial charge in [0.1, 0.15) is 12.2 Å². The largest absolute Gasteiger partial charge is 0.301 e. The first-order valence-electron chi connectivity index (χ1n) is 6.57. The van der Waals surface area contributed by atoms with Crippen LogP contribution in [0.3, 0.4) is 0 Å². The molecule has 0 radical (unpaired) electrons. The fourth-order valence-corrected chi connectivity index (χ4v) is 2.75. The molecule has 1 N–H and O–H groups in total. The summed E-state index contributed by atoms with van der Waals surface area (Å²) in [5.74, 6) is 1.48. The van der Waals surface area contributed by atoms with Crippen LogP contribution in [-0.2, 0) is 6.54 Å². The summed E-state index contributed by atoms with van der Waals surface area (Å²) in [6.45, 7) is 4.03. The van der Waals surface area contributed by atoms with Crippen molar-refractivity contribution in [3.05, 3.63) is 29.6 Å². The number of hydrogen-bond acceptors (Lipinski definition) is 4. The van der Waals surface area contributed by atoms with Crippen LogP contribution in [0.2, 0.25) is 5.02 Å². The first kappa shape index (κ1) is 12.6. The van der Waals surface area contributed by atoms with Gasteiger partial charge in [-0.05, 0) is 19.4 Å². The Morgan fingerprint density at radius 1 is 1.42 bits per heavy atom. The maximum atomic E-state index is 5.86. The van der Waals surface area contributed by atoms with E-state index >= 15 is 0 Å². The molecule has 1 saturated heterocycles. The molecule has 1 aliphatic rings. The van der Waals surface area contributed by atoms with Gasteiger partial charge in [-0.3, -0.25) is 9.78 Å². The van der Waals surface area contributed by atoms with E-state index in [9.17, 15) is 0 Å². The lowest BCUT2D eigenvalue weighted by molar-refractivity contribution is 0.195. The summed E-state index contributed by atoms with van der Waals surface area (Å²) in [4.78, 5) is 6.72. The standard InChI is InChI=1S/C12H17ClN6/c13-11-6-16-19(8-11)5-4-18-3-1-2-10(7-18)12-14-9-15-17-12/h6,8-10H,1-5,7H2,(H,14,15,17). The Labute approximate surface area is 116 Å². The molecule has 0 spiro atoms. The van der Waals surface area contributed by atoms with Gasteiger partial charge in [0.15, 0.2) is 0 Å². The van der Waals surface area contributed by atoms with Crippen molar-refractivity contribution in [1.29, 1.82) is 0 Å². The van der Waals surface area contributed by atoms with Crippen molar-refractivity contribution in [2.75, 3.05) is 19.6 Å². The van der Waals surface area contributed by atoms with Gasteiger partial charge in [-0.2, -0.15) is 10.2 Å². The number of aromatic amines is 1. The number of rotatable bonds is 4. The molecule has 7 heteroatoms. The van der Waals surface area contributed by atoms with E-state index in [0.717, 1.165) is 32.0 Å². The maximum Gasteiger partial charge on any atom is 0.137 e. The SMILES string of the molecule is Clc1cnn(CCN2CCCC(c3ncn[nH]3)C2)c1. The summed E-state index contributed by atoms with van der Waals surface area (Å²) < 4.78 is 1.89. The predicted octanol–water partition coefficient (Wildman–Crippen LogP) is 1.53. The lowest BCUT2D eigenvalue weighted by Crippen LogP contribution is -2.36. The van der Waals surface area contributed by atoms with Crippen LogP contribution in [0.1, 0.15) is 24.6 Å². The second-order valence-electron chi connectivity index (χ2n) is 4.93. The van der Waals surface area contributed by atoms with Crippen LogP contribution in [0.15, 0.2) is 18.7 Å². The number of aromatic nitrogens is 5. The molecule has 0 bridgehead atoms. The Bertz CT molecular complexity index is 508. The van der Waals surface area contributed by atoms with Gasteiger partial charge in [-0.1, -0.05) is 11.6 Å². The van der Waals surface area contributed by atoms with Crippen LogP contribution in [-0.4, -0.2) is 49.5 Å². The highest BCUT2D eigenvalue weighted by atomic mass is 35.5. The summed E-state index contributed by atoms with van der Waals surface area (Å²) in [5, 5.41) is 11.8. The summed E-state index contributed by atoms with van der Waals surface area (Å²) in [6, 6.07) is 0. The maximum absolute atomic E-state index is 5.86. The lowest BCUT2D eigenvalue weighted by atomic mass is 9.97. The summed E-state index contributed by atoms with van der Waals surface area (Å²) in [5.41, 5.74) is 0. The van der Waals surface area contributed by atoms with Gasteiger partial charge < -0.3 is 4.90 Å². The van der Waals surface area contributed by atoms with E-state index in [-0.39, 0.29) is 0 Å². The number of hydrogen-bond donors (Lipinski definition) is 1. The van der Waals surface area contributed by atoms with E-state index < -0.39 is 0 Å². The highest BCUT2D eigenvalue weighted by molar-refractivity contribution is 6.30. The van der Waals surface area contributed by atoms with Crippen LogP contribution in [0, 0.1) is 0 Å². The van der Waals surface area contributed by atoms with Gasteiger partial charge in [0.25, 0.3) is 0 Å². The molecule has 0 aromatic carbocycles. The van der Waals surface area contributed by atoms with E-state index in [1.807, 2.05) is 10.9 Å². The molecule has 2 aromatic heterocycles. The predicted molar refractivity (Wildman–Crippen MR) is 72.0 cm³/mol. The highest BCUT2D eigenvalue weighted by Crippen LogP contribution is 2.23. The molecule has 2 aromatic rings. The van der Waals surface area contributed by atoms with E-state index in [0.29, 0.717) is 10.9 Å². The van der Waals surface area contributed by atoms with Crippen LogP contribution >= 0.6 is 11.6 Å². The van der Waals surface area contributed by atoms with Crippen LogP contribution in [0.25, 0.3) is 0 Å². The third kappa shape index (κ3) is 3.13. The lowest BCUT2D eigenvalue weighted by Gasteiger charge is -2.31. The average Bonchev–Trinajstić information content (AvgIpc) is 3.08. The van der Waals surface area contributed by atoms with Crippen molar-refractivity contribution in [3.8, 4) is 0 Å². The van der Waals surface area contributed by atoms with Crippen molar-refractivity contribution >= 4 is 11.6 Å². The van der Waals surface area contributed by atoms with Gasteiger partial charge in [-0.25, -0.2) is 4.98 Å². The Hall–Kier alpha value is -1.40. The summed E-state index contributed by atoms with van der Waals surface area (Å²) in [7, 11) is 0. The smallest absolute Gasteiger partial charge is 0.137 e. The van der Waals surface area contributed by atoms with Crippen molar-refractivity contribution in [3.63, 3.8) is 0 Å². The Morgan fingerprint density at radius 3 is 3.11 bits per heavy atom. The van der Waals surface area contributed by atoms with Gasteiger partial charge in [0, 0.05) is 25.2 Å². The van der Waals surface area contributed by atoms with Gasteiger partial charge in [0.05, 0.1) is 17.8 Å². The van der Waals surface area contributed by atoms with Gasteiger partial charge in [-0.15, -0.1) is 0 Å². The zero-order valence-corrected chi connectivity index (χ0v) is 11.4. The number of likely N-dealkylation sites (tertiary alicyclic amines) is 1. The Kier molecular flexibility index (Phi) is 3.79. The molecule has 102 valence electrons. The number of piperidine rings is 1. The number of nitrogens with one attached hydrogen (secondary N) is 1. The van der Waals surface area contributed by atoms with Gasteiger partial charge >= 0.3 is 0 Å². The van der Waals surface area contributed by atoms with Gasteiger partial charge in [0.2, 0.25) is 0 Å². The van der Waals surface area contributed by atoms with E-state index in [4.69, 9.17) is 11.6 Å². The molecule has 0 saturated carbocycles. The van der Waals surface area contributed by atoms with E-state index in [1.54, 1.807) is 12.5 Å². The third-order valence-electron chi connectivity index (χ3n) is 3.57. The monoisotopic (exact) mass is 280 g/mol. The third-order valence-corrected chi connectivity index (χ3v) is 3.77. The zero-order valence-electron chi connectivity index (χ0n) is 10.7. The van der Waals surface area contributed by atoms with Crippen molar-refractivity contribution in [2.45, 2.75) is 25.3 Å². The van der Waals surface area contributed by atoms with E-state index in [2.05, 4.69) is 25.2 Å². The fraction of sp³-hybridized carbons (Fsp3) is 0.583. The molecule has 1 unspecified atom stereocenters. The average molecular weight is 281 g/mol. The normalized spacial score (nSPS) is 20.8. The Morgan fingerprint density at radius 2 is 2.37 bits per heavy atom. The molecule has 3 rings (SSSR count). The fourth-order valence-electron chi connectivity index (χ4n) is 2.60. The second-order valence-corrected chi connectivity index (χ2v) is 5.37. The van der Waals surface area contributed by atoms with Crippen LogP contribution in [0.5, 0.6) is 0 Å². The Balaban J connectivity index is 1.54. The molecule has 1 atom stereocenters. The molecule has 0 aliphatic carbocycles. The molecule has 1 fully saturated rings. The van der Waals surface area contributed by atoms with E-state index in [1.165, 1.54) is 12.8 Å². The first-order chi connectivity index (χ1) is 9.31. The summed E-state index contributed by atoms with van der Waals surface area (Å²) in [6.07, 6.45) is 7.50. The quantitative estimate of drug-likeness (QED) is 0.923. The van der Waals surface area contributed by atoms with Crippen LogP contribution < -0.4 is 0 Å². The second kappa shape index (κ2) is 5.71. The summed E-state index contributed by atoms with van der Waals surface area (Å²) >= 11 is 5.86.